The molecule has 0 rings (SSSR count). The van der Waals surface area contributed by atoms with Crippen LogP contribution in [0.3, 0.4) is 0 Å². The minimum Gasteiger partial charge on any atom is -0.565 e. The van der Waals surface area contributed by atoms with Crippen molar-refractivity contribution in [2.75, 3.05) is 0 Å². The number of aliphatic hydroxyl groups excluding tert-OH is 1. The van der Waals surface area contributed by atoms with Gasteiger partial charge in [0.25, 0.3) is 0 Å². The molecule has 0 aliphatic heterocycles. The number of aliphatic hydroxyl groups is 1. The summed E-state index contributed by atoms with van der Waals surface area (Å²) in [7, 11) is 0. The van der Waals surface area contributed by atoms with Crippen molar-refractivity contribution in [1.29, 1.82) is 0 Å². The largest absolute Gasteiger partial charge is 2.00 e. The maximum atomic E-state index is 9.34. The van der Waals surface area contributed by atoms with Crippen molar-refractivity contribution in [1.82, 2.24) is 0 Å². The van der Waals surface area contributed by atoms with Gasteiger partial charge in [-0.3, -0.25) is 0 Å². The van der Waals surface area contributed by atoms with Gasteiger partial charge in [-0.15, -0.1) is 0 Å². The van der Waals surface area contributed by atoms with E-state index >= 15 is 0 Å². The quantitative estimate of drug-likeness (QED) is 0.416. The molecule has 0 aromatic heterocycles. The van der Waals surface area contributed by atoms with Gasteiger partial charge in [0, 0.05) is 0 Å². The smallest absolute Gasteiger partial charge is 0.565 e. The summed E-state index contributed by atoms with van der Waals surface area (Å²) in [5, 5.41) is 32.6. The molecule has 0 aliphatic rings. The van der Waals surface area contributed by atoms with Gasteiger partial charge in [0.05, 0.1) is 12.1 Å². The first-order chi connectivity index (χ1) is 4.37. The first-order valence-electron chi connectivity index (χ1n) is 2.16. The number of carboxylic acid groups (broad SMARTS) is 3. The molecule has 0 heterocycles. The first kappa shape index (κ1) is 17.2. The van der Waals surface area contributed by atoms with E-state index in [1.807, 2.05) is 0 Å². The molecule has 0 saturated heterocycles. The number of carbonyl (C=O) groups excluding carboxylic acids is 1. The van der Waals surface area contributed by atoms with Gasteiger partial charge in [0.2, 0.25) is 6.16 Å². The van der Waals surface area contributed by atoms with Crippen molar-refractivity contribution < 1.29 is 30.0 Å². The third-order valence-electron chi connectivity index (χ3n) is 0.341. The Bertz CT molecular complexity index is 118. The Morgan fingerprint density at radius 2 is 1.45 bits per heavy atom. The zero-order chi connectivity index (χ0) is 8.73. The maximum Gasteiger partial charge on any atom is 2.00 e. The monoisotopic (exact) mass is 190 g/mol. The van der Waals surface area contributed by atoms with E-state index in [-0.39, 0.29) is 37.7 Å². The Hall–Kier alpha value is -0.0403. The number of rotatable bonds is 1. The maximum absolute atomic E-state index is 9.34. The molecule has 60 valence electrons. The van der Waals surface area contributed by atoms with Gasteiger partial charge in [-0.2, -0.15) is 0 Å². The fraction of sp³-hybridized carbons (Fsp3) is 0.500. The van der Waals surface area contributed by atoms with Crippen LogP contribution in [0.2, 0.25) is 0 Å². The second-order valence-corrected chi connectivity index (χ2v) is 1.26. The average Bonchev–Trinajstić information content (AvgIpc) is 1.63. The van der Waals surface area contributed by atoms with E-state index in [1.54, 1.807) is 0 Å². The van der Waals surface area contributed by atoms with Crippen LogP contribution in [-0.4, -0.2) is 66.2 Å². The molecule has 7 heteroatoms. The number of aliphatic carboxylic acids is 1. The minimum atomic E-state index is -2.08. The topological polar surface area (TPSA) is 121 Å². The molecule has 0 aromatic carbocycles. The second kappa shape index (κ2) is 9.96. The molecule has 1 atom stereocenters. The fourth-order valence-corrected chi connectivity index (χ4v) is 0. The predicted octanol–water partition coefficient (Wildman–Crippen LogP) is -3.38. The van der Waals surface area contributed by atoms with Crippen molar-refractivity contribution >= 4 is 49.9 Å². The molecule has 0 saturated carbocycles. The molecule has 11 heavy (non-hydrogen) atoms. The van der Waals surface area contributed by atoms with Crippen LogP contribution in [-0.2, 0) is 4.79 Å². The van der Waals surface area contributed by atoms with E-state index in [0.29, 0.717) is 0 Å². The molecule has 2 N–H and O–H groups in total. The van der Waals surface area contributed by atoms with Crippen LogP contribution >= 0.6 is 0 Å². The molecule has 0 spiro atoms. The number of hydrogen-bond acceptors (Lipinski definition) is 5. The first-order valence-corrected chi connectivity index (χ1v) is 2.16. The molecule has 0 aromatic rings. The summed E-state index contributed by atoms with van der Waals surface area (Å²) < 4.78 is 0. The summed E-state index contributed by atoms with van der Waals surface area (Å²) in [6.07, 6.45) is -3.43. The fourth-order valence-electron chi connectivity index (χ4n) is 0. The summed E-state index contributed by atoms with van der Waals surface area (Å²) in [6.45, 7) is 1.13. The third kappa shape index (κ3) is 40.2. The molecule has 6 nitrogen and oxygen atoms in total. The summed E-state index contributed by atoms with van der Waals surface area (Å²) >= 11 is 0. The SMILES string of the molecule is CC(O)C(=O)[O-].O=C([O-])O.[Ca+2]. The third-order valence-corrected chi connectivity index (χ3v) is 0.341. The van der Waals surface area contributed by atoms with Gasteiger partial charge < -0.3 is 30.0 Å². The molecule has 0 aliphatic carbocycles. The van der Waals surface area contributed by atoms with Crippen LogP contribution < -0.4 is 10.2 Å². The molecular formula is C4H6CaO6. The Labute approximate surface area is 92.5 Å². The van der Waals surface area contributed by atoms with Crippen molar-refractivity contribution in [2.24, 2.45) is 0 Å². The number of hydrogen-bond donors (Lipinski definition) is 2. The van der Waals surface area contributed by atoms with Crippen LogP contribution in [0.1, 0.15) is 6.92 Å². The van der Waals surface area contributed by atoms with Crippen molar-refractivity contribution in [3.63, 3.8) is 0 Å². The Kier molecular flexibility index (Phi) is 15.5. The van der Waals surface area contributed by atoms with Gasteiger partial charge in [-0.1, -0.05) is 0 Å². The summed E-state index contributed by atoms with van der Waals surface area (Å²) in [5.74, 6) is -1.44. The number of carbonyl (C=O) groups is 2. The summed E-state index contributed by atoms with van der Waals surface area (Å²) in [6, 6.07) is 0. The molecule has 0 fully saturated rings. The standard InChI is InChI=1S/C3H6O3.CH2O3.Ca/c1-2(4)3(5)6;2-1(3)4;/h2,4H,1H3,(H,5,6);(H2,2,3,4);/q;;+2/p-2. The van der Waals surface area contributed by atoms with Crippen molar-refractivity contribution in [3.05, 3.63) is 0 Å². The Balaban J connectivity index is -0.000000114. The van der Waals surface area contributed by atoms with Crippen molar-refractivity contribution in [3.8, 4) is 0 Å². The molecule has 0 radical (unpaired) electrons. The van der Waals surface area contributed by atoms with Gasteiger partial charge in [0.1, 0.15) is 0 Å². The summed E-state index contributed by atoms with van der Waals surface area (Å²) in [5.41, 5.74) is 0. The molecule has 1 unspecified atom stereocenters. The van der Waals surface area contributed by atoms with Gasteiger partial charge >= 0.3 is 37.7 Å². The van der Waals surface area contributed by atoms with E-state index in [2.05, 4.69) is 0 Å². The minimum absolute atomic E-state index is 0. The van der Waals surface area contributed by atoms with E-state index in [1.165, 1.54) is 0 Å². The Morgan fingerprint density at radius 1 is 1.36 bits per heavy atom. The molecule has 0 bridgehead atoms. The van der Waals surface area contributed by atoms with Gasteiger partial charge in [-0.25, -0.2) is 0 Å². The Morgan fingerprint density at radius 3 is 1.45 bits per heavy atom. The second-order valence-electron chi connectivity index (χ2n) is 1.26. The summed E-state index contributed by atoms with van der Waals surface area (Å²) in [4.78, 5) is 17.8. The average molecular weight is 190 g/mol. The zero-order valence-corrected chi connectivity index (χ0v) is 8.02. The zero-order valence-electron chi connectivity index (χ0n) is 5.81. The number of carboxylic acids is 1. The van der Waals surface area contributed by atoms with Gasteiger partial charge in [0.15, 0.2) is 0 Å². The van der Waals surface area contributed by atoms with E-state index in [0.717, 1.165) is 6.92 Å². The predicted molar refractivity (Wildman–Crippen MR) is 30.5 cm³/mol. The molecular weight excluding hydrogens is 184 g/mol. The van der Waals surface area contributed by atoms with Gasteiger partial charge in [-0.05, 0) is 6.92 Å². The van der Waals surface area contributed by atoms with Crippen molar-refractivity contribution in [2.45, 2.75) is 13.0 Å². The normalized spacial score (nSPS) is 9.64. The molecule has 0 amide bonds. The van der Waals surface area contributed by atoms with E-state index in [9.17, 15) is 9.90 Å². The van der Waals surface area contributed by atoms with Crippen LogP contribution in [0.15, 0.2) is 0 Å². The van der Waals surface area contributed by atoms with Crippen LogP contribution in [0.5, 0.6) is 0 Å². The van der Waals surface area contributed by atoms with Crippen LogP contribution in [0, 0.1) is 0 Å². The van der Waals surface area contributed by atoms with Crippen LogP contribution in [0.4, 0.5) is 4.79 Å². The van der Waals surface area contributed by atoms with Crippen LogP contribution in [0.25, 0.3) is 0 Å². The van der Waals surface area contributed by atoms with E-state index < -0.39 is 18.2 Å². The van der Waals surface area contributed by atoms with E-state index in [4.69, 9.17) is 20.1 Å².